The van der Waals surface area contributed by atoms with Gasteiger partial charge in [-0.25, -0.2) is 9.97 Å². The second-order valence-electron chi connectivity index (χ2n) is 6.42. The summed E-state index contributed by atoms with van der Waals surface area (Å²) in [6.07, 6.45) is 2.86. The highest BCUT2D eigenvalue weighted by atomic mass is 35.5. The van der Waals surface area contributed by atoms with E-state index in [0.29, 0.717) is 11.3 Å². The predicted molar refractivity (Wildman–Crippen MR) is 90.1 cm³/mol. The Balaban J connectivity index is 0.00000176. The molecule has 2 aliphatic rings. The summed E-state index contributed by atoms with van der Waals surface area (Å²) in [5.74, 6) is 1.60. The van der Waals surface area contributed by atoms with Gasteiger partial charge in [-0.2, -0.15) is 0 Å². The van der Waals surface area contributed by atoms with Crippen LogP contribution in [-0.2, 0) is 0 Å². The number of aromatic nitrogens is 2. The smallest absolute Gasteiger partial charge is 0.218 e. The first-order valence-corrected chi connectivity index (χ1v) is 7.73. The minimum Gasteiger partial charge on any atom is -0.481 e. The largest absolute Gasteiger partial charge is 0.481 e. The van der Waals surface area contributed by atoms with E-state index in [1.165, 1.54) is 13.0 Å². The van der Waals surface area contributed by atoms with Crippen molar-refractivity contribution in [3.63, 3.8) is 0 Å². The monoisotopic (exact) mass is 327 g/mol. The molecular weight excluding hydrogens is 302 g/mol. The summed E-state index contributed by atoms with van der Waals surface area (Å²) in [6, 6.07) is 1.91. The average molecular weight is 328 g/mol. The van der Waals surface area contributed by atoms with Crippen molar-refractivity contribution in [3.8, 4) is 5.88 Å². The van der Waals surface area contributed by atoms with Gasteiger partial charge in [-0.1, -0.05) is 6.92 Å². The second kappa shape index (κ2) is 7.44. The number of nitrogens with one attached hydrogen (secondary N) is 1. The van der Waals surface area contributed by atoms with Crippen LogP contribution < -0.4 is 15.0 Å². The minimum atomic E-state index is 0. The molecule has 22 heavy (non-hydrogen) atoms. The van der Waals surface area contributed by atoms with E-state index in [2.05, 4.69) is 32.0 Å². The van der Waals surface area contributed by atoms with Gasteiger partial charge in [0.25, 0.3) is 0 Å². The third-order valence-corrected chi connectivity index (χ3v) is 4.60. The maximum atomic E-state index is 5.17. The first-order valence-electron chi connectivity index (χ1n) is 7.73. The normalized spacial score (nSPS) is 25.8. The van der Waals surface area contributed by atoms with Crippen LogP contribution in [0.4, 0.5) is 5.82 Å². The summed E-state index contributed by atoms with van der Waals surface area (Å²) < 4.78 is 5.17. The lowest BCUT2D eigenvalue weighted by molar-refractivity contribution is 0.169. The Labute approximate surface area is 138 Å². The zero-order chi connectivity index (χ0) is 14.7. The van der Waals surface area contributed by atoms with Gasteiger partial charge >= 0.3 is 0 Å². The van der Waals surface area contributed by atoms with Crippen molar-refractivity contribution in [2.24, 2.45) is 5.41 Å². The van der Waals surface area contributed by atoms with Gasteiger partial charge in [0.15, 0.2) is 0 Å². The third kappa shape index (κ3) is 4.00. The molecule has 2 aliphatic heterocycles. The third-order valence-electron chi connectivity index (χ3n) is 4.60. The van der Waals surface area contributed by atoms with E-state index in [0.717, 1.165) is 45.1 Å². The molecule has 2 saturated heterocycles. The molecule has 1 atom stereocenters. The zero-order valence-corrected chi connectivity index (χ0v) is 14.2. The highest BCUT2D eigenvalue weighted by molar-refractivity contribution is 5.85. The number of piperazine rings is 1. The molecule has 124 valence electrons. The van der Waals surface area contributed by atoms with Gasteiger partial charge in [0.2, 0.25) is 5.88 Å². The van der Waals surface area contributed by atoms with Gasteiger partial charge in [-0.15, -0.1) is 12.4 Å². The molecule has 0 amide bonds. The lowest BCUT2D eigenvalue weighted by Crippen LogP contribution is -2.50. The van der Waals surface area contributed by atoms with E-state index in [1.807, 2.05) is 6.07 Å². The van der Waals surface area contributed by atoms with E-state index >= 15 is 0 Å². The quantitative estimate of drug-likeness (QED) is 0.891. The van der Waals surface area contributed by atoms with Gasteiger partial charge in [-0.05, 0) is 18.4 Å². The van der Waals surface area contributed by atoms with E-state index in [1.54, 1.807) is 13.4 Å². The molecule has 1 N–H and O–H groups in total. The molecule has 0 saturated carbocycles. The Bertz CT molecular complexity index is 473. The first kappa shape index (κ1) is 17.2. The number of hydrogen-bond acceptors (Lipinski definition) is 6. The predicted octanol–water partition coefficient (Wildman–Crippen LogP) is 1.03. The molecule has 0 radical (unpaired) electrons. The topological polar surface area (TPSA) is 53.5 Å². The Morgan fingerprint density at radius 2 is 2.05 bits per heavy atom. The van der Waals surface area contributed by atoms with Gasteiger partial charge in [0.05, 0.1) is 7.11 Å². The number of halogens is 1. The van der Waals surface area contributed by atoms with Crippen LogP contribution in [0.1, 0.15) is 13.3 Å². The molecule has 6 nitrogen and oxygen atoms in total. The number of ether oxygens (including phenoxy) is 1. The Kier molecular flexibility index (Phi) is 5.83. The summed E-state index contributed by atoms with van der Waals surface area (Å²) in [6.45, 7) is 10.1. The molecule has 1 aromatic rings. The second-order valence-corrected chi connectivity index (χ2v) is 6.42. The molecule has 0 aromatic carbocycles. The van der Waals surface area contributed by atoms with Gasteiger partial charge < -0.3 is 15.0 Å². The number of hydrogen-bond donors (Lipinski definition) is 1. The number of rotatable bonds is 4. The van der Waals surface area contributed by atoms with Crippen molar-refractivity contribution in [2.45, 2.75) is 13.3 Å². The summed E-state index contributed by atoms with van der Waals surface area (Å²) >= 11 is 0. The fraction of sp³-hybridized carbons (Fsp3) is 0.733. The SMILES string of the molecule is COc1cc(N2CCN(CC3(C)CCNC3)CC2)ncn1.Cl. The van der Waals surface area contributed by atoms with Crippen LogP contribution in [0.25, 0.3) is 0 Å². The summed E-state index contributed by atoms with van der Waals surface area (Å²) in [5, 5.41) is 3.48. The van der Waals surface area contributed by atoms with Crippen LogP contribution in [0.2, 0.25) is 0 Å². The summed E-state index contributed by atoms with van der Waals surface area (Å²) in [5.41, 5.74) is 0.445. The standard InChI is InChI=1S/C15H25N5O.ClH/c1-15(3-4-16-10-15)11-19-5-7-20(8-6-19)13-9-14(21-2)18-12-17-13;/h9,12,16H,3-8,10-11H2,1-2H3;1H. The Morgan fingerprint density at radius 3 is 2.68 bits per heavy atom. The number of methoxy groups -OCH3 is 1. The van der Waals surface area contributed by atoms with Crippen LogP contribution in [-0.4, -0.2) is 67.8 Å². The van der Waals surface area contributed by atoms with Crippen LogP contribution in [0.5, 0.6) is 5.88 Å². The molecular formula is C15H26ClN5O. The Hall–Kier alpha value is -1.11. The molecule has 0 bridgehead atoms. The molecule has 7 heteroatoms. The molecule has 0 spiro atoms. The Morgan fingerprint density at radius 1 is 1.27 bits per heavy atom. The highest BCUT2D eigenvalue weighted by Gasteiger charge is 2.31. The van der Waals surface area contributed by atoms with Gasteiger partial charge in [0.1, 0.15) is 12.1 Å². The number of anilines is 1. The van der Waals surface area contributed by atoms with Gasteiger partial charge in [0, 0.05) is 45.3 Å². The van der Waals surface area contributed by atoms with Crippen molar-refractivity contribution < 1.29 is 4.74 Å². The van der Waals surface area contributed by atoms with Crippen molar-refractivity contribution >= 4 is 18.2 Å². The van der Waals surface area contributed by atoms with Crippen molar-refractivity contribution in [1.29, 1.82) is 0 Å². The molecule has 3 rings (SSSR count). The lowest BCUT2D eigenvalue weighted by atomic mass is 9.89. The van der Waals surface area contributed by atoms with E-state index < -0.39 is 0 Å². The van der Waals surface area contributed by atoms with E-state index in [-0.39, 0.29) is 12.4 Å². The van der Waals surface area contributed by atoms with E-state index in [4.69, 9.17) is 4.74 Å². The molecule has 2 fully saturated rings. The van der Waals surface area contributed by atoms with Crippen molar-refractivity contribution in [3.05, 3.63) is 12.4 Å². The molecule has 1 unspecified atom stereocenters. The highest BCUT2D eigenvalue weighted by Crippen LogP contribution is 2.26. The zero-order valence-electron chi connectivity index (χ0n) is 13.4. The van der Waals surface area contributed by atoms with Crippen LogP contribution in [0, 0.1) is 5.41 Å². The first-order chi connectivity index (χ1) is 10.2. The molecule has 1 aromatic heterocycles. The van der Waals surface area contributed by atoms with E-state index in [9.17, 15) is 0 Å². The van der Waals surface area contributed by atoms with Crippen LogP contribution in [0.3, 0.4) is 0 Å². The average Bonchev–Trinajstić information content (AvgIpc) is 2.94. The maximum Gasteiger partial charge on any atom is 0.218 e. The number of nitrogens with zero attached hydrogens (tertiary/aromatic N) is 4. The summed E-state index contributed by atoms with van der Waals surface area (Å²) in [7, 11) is 1.64. The molecule has 0 aliphatic carbocycles. The van der Waals surface area contributed by atoms with Crippen LogP contribution in [0.15, 0.2) is 12.4 Å². The van der Waals surface area contributed by atoms with Gasteiger partial charge in [-0.3, -0.25) is 4.90 Å². The van der Waals surface area contributed by atoms with Crippen molar-refractivity contribution in [1.82, 2.24) is 20.2 Å². The molecule has 3 heterocycles. The maximum absolute atomic E-state index is 5.17. The van der Waals surface area contributed by atoms with Crippen molar-refractivity contribution in [2.75, 3.05) is 57.8 Å². The lowest BCUT2D eigenvalue weighted by Gasteiger charge is -2.39. The summed E-state index contributed by atoms with van der Waals surface area (Å²) in [4.78, 5) is 13.3. The fourth-order valence-electron chi connectivity index (χ4n) is 3.29. The van der Waals surface area contributed by atoms with Crippen LogP contribution >= 0.6 is 12.4 Å². The minimum absolute atomic E-state index is 0. The fourth-order valence-corrected chi connectivity index (χ4v) is 3.29.